The van der Waals surface area contributed by atoms with Crippen molar-refractivity contribution >= 4 is 17.4 Å². The van der Waals surface area contributed by atoms with Gasteiger partial charge < -0.3 is 14.7 Å². The van der Waals surface area contributed by atoms with Crippen molar-refractivity contribution < 1.29 is 23.0 Å². The van der Waals surface area contributed by atoms with E-state index in [2.05, 4.69) is 9.97 Å². The Hall–Kier alpha value is -1.12. The molecule has 1 aliphatic rings. The lowest BCUT2D eigenvalue weighted by Gasteiger charge is -2.35. The van der Waals surface area contributed by atoms with Crippen molar-refractivity contribution in [2.24, 2.45) is 0 Å². The second-order valence-corrected chi connectivity index (χ2v) is 5.45. The Morgan fingerprint density at radius 3 is 2.57 bits per heavy atom. The molecule has 0 aliphatic carbocycles. The highest BCUT2D eigenvalue weighted by atomic mass is 35.5. The molecule has 1 aromatic heterocycles. The van der Waals surface area contributed by atoms with E-state index in [-0.39, 0.29) is 17.5 Å². The Bertz CT molecular complexity index is 507. The minimum atomic E-state index is -4.67. The van der Waals surface area contributed by atoms with Gasteiger partial charge in [-0.15, -0.1) is 0 Å². The first-order valence-corrected chi connectivity index (χ1v) is 6.70. The first-order valence-electron chi connectivity index (χ1n) is 6.33. The average molecular weight is 326 g/mol. The maximum Gasteiger partial charge on any atom is 0.451 e. The summed E-state index contributed by atoms with van der Waals surface area (Å²) in [4.78, 5) is 8.07. The van der Waals surface area contributed by atoms with Gasteiger partial charge in [-0.25, -0.2) is 9.97 Å². The van der Waals surface area contributed by atoms with E-state index in [9.17, 15) is 18.3 Å². The van der Waals surface area contributed by atoms with Crippen molar-refractivity contribution in [1.29, 1.82) is 0 Å². The second kappa shape index (κ2) is 5.94. The van der Waals surface area contributed by atoms with Crippen molar-refractivity contribution in [2.75, 3.05) is 31.7 Å². The molecule has 0 saturated carbocycles. The van der Waals surface area contributed by atoms with Crippen LogP contribution in [-0.2, 0) is 10.9 Å². The van der Waals surface area contributed by atoms with E-state index in [4.69, 9.17) is 16.3 Å². The van der Waals surface area contributed by atoms with Gasteiger partial charge in [0, 0.05) is 45.7 Å². The number of halogens is 4. The Morgan fingerprint density at radius 2 is 2.00 bits per heavy atom. The van der Waals surface area contributed by atoms with Crippen molar-refractivity contribution in [3.63, 3.8) is 0 Å². The number of nitrogens with zero attached hydrogens (tertiary/aromatic N) is 3. The minimum Gasteiger partial charge on any atom is -0.388 e. The van der Waals surface area contributed by atoms with E-state index in [1.165, 1.54) is 11.0 Å². The fraction of sp³-hybridized carbons (Fsp3) is 0.667. The Balaban J connectivity index is 2.19. The lowest BCUT2D eigenvalue weighted by atomic mass is 9.94. The van der Waals surface area contributed by atoms with E-state index in [0.29, 0.717) is 26.1 Å². The number of ether oxygens (including phenoxy) is 1. The van der Waals surface area contributed by atoms with E-state index in [1.807, 2.05) is 0 Å². The van der Waals surface area contributed by atoms with Crippen molar-refractivity contribution in [3.05, 3.63) is 17.0 Å². The summed E-state index contributed by atoms with van der Waals surface area (Å²) < 4.78 is 43.2. The molecule has 2 heterocycles. The molecule has 2 rings (SSSR count). The van der Waals surface area contributed by atoms with Crippen LogP contribution in [0.15, 0.2) is 6.07 Å². The van der Waals surface area contributed by atoms with Crippen LogP contribution < -0.4 is 4.90 Å². The largest absolute Gasteiger partial charge is 0.451 e. The molecular formula is C12H15ClF3N3O2. The molecule has 1 aliphatic heterocycles. The van der Waals surface area contributed by atoms with Crippen LogP contribution in [0.1, 0.15) is 18.7 Å². The zero-order valence-corrected chi connectivity index (χ0v) is 12.1. The third kappa shape index (κ3) is 4.18. The summed E-state index contributed by atoms with van der Waals surface area (Å²) in [6, 6.07) is 1.24. The van der Waals surface area contributed by atoms with Crippen LogP contribution in [-0.4, -0.2) is 47.5 Å². The third-order valence-corrected chi connectivity index (χ3v) is 3.47. The first kappa shape index (κ1) is 16.3. The van der Waals surface area contributed by atoms with Gasteiger partial charge in [-0.2, -0.15) is 13.2 Å². The van der Waals surface area contributed by atoms with E-state index in [0.717, 1.165) is 0 Å². The van der Waals surface area contributed by atoms with Crippen LogP contribution in [0.2, 0.25) is 5.15 Å². The second-order valence-electron chi connectivity index (χ2n) is 5.06. The fourth-order valence-electron chi connectivity index (χ4n) is 2.16. The molecule has 1 fully saturated rings. The molecule has 0 spiro atoms. The lowest BCUT2D eigenvalue weighted by Crippen LogP contribution is -2.46. The van der Waals surface area contributed by atoms with Gasteiger partial charge in [-0.3, -0.25) is 0 Å². The molecule has 0 amide bonds. The van der Waals surface area contributed by atoms with Crippen LogP contribution >= 0.6 is 11.6 Å². The van der Waals surface area contributed by atoms with Crippen LogP contribution in [0.5, 0.6) is 0 Å². The molecule has 1 saturated heterocycles. The number of alkyl halides is 3. The fourth-order valence-corrected chi connectivity index (χ4v) is 2.34. The molecule has 0 bridgehead atoms. The van der Waals surface area contributed by atoms with Crippen LogP contribution in [0.3, 0.4) is 0 Å². The predicted molar refractivity (Wildman–Crippen MR) is 70.3 cm³/mol. The summed E-state index contributed by atoms with van der Waals surface area (Å²) in [7, 11) is 1.55. The lowest BCUT2D eigenvalue weighted by molar-refractivity contribution is -0.144. The molecule has 0 atom stereocenters. The van der Waals surface area contributed by atoms with Crippen molar-refractivity contribution in [3.8, 4) is 0 Å². The SMILES string of the molecule is CN(CC1(O)CCOCC1)c1cc(Cl)nc(C(F)(F)F)n1. The summed E-state index contributed by atoms with van der Waals surface area (Å²) in [5.41, 5.74) is -1.01. The van der Waals surface area contributed by atoms with Gasteiger partial charge in [0.1, 0.15) is 11.0 Å². The average Bonchev–Trinajstić information content (AvgIpc) is 2.37. The maximum atomic E-state index is 12.7. The standard InChI is InChI=1S/C12H15ClF3N3O2/c1-19(7-11(20)2-4-21-5-3-11)9-6-8(13)17-10(18-9)12(14,15)16/h6,20H,2-5,7H2,1H3. The number of hydrogen-bond donors (Lipinski definition) is 1. The molecule has 5 nitrogen and oxygen atoms in total. The molecule has 118 valence electrons. The highest BCUT2D eigenvalue weighted by Crippen LogP contribution is 2.30. The van der Waals surface area contributed by atoms with Gasteiger partial charge in [0.2, 0.25) is 5.82 Å². The molecule has 21 heavy (non-hydrogen) atoms. The zero-order chi connectivity index (χ0) is 15.7. The number of anilines is 1. The number of aliphatic hydroxyl groups is 1. The third-order valence-electron chi connectivity index (χ3n) is 3.28. The molecule has 1 aromatic rings. The molecule has 0 radical (unpaired) electrons. The Kier molecular flexibility index (Phi) is 4.60. The predicted octanol–water partition coefficient (Wildman–Crippen LogP) is 2.13. The van der Waals surface area contributed by atoms with Crippen LogP contribution in [0, 0.1) is 0 Å². The van der Waals surface area contributed by atoms with Gasteiger partial charge in [-0.1, -0.05) is 11.6 Å². The van der Waals surface area contributed by atoms with Gasteiger partial charge >= 0.3 is 6.18 Å². The number of hydrogen-bond acceptors (Lipinski definition) is 5. The van der Waals surface area contributed by atoms with Gasteiger partial charge in [0.05, 0.1) is 5.60 Å². The molecule has 0 unspecified atom stereocenters. The number of likely N-dealkylation sites (N-methyl/N-ethyl adjacent to an activating group) is 1. The van der Waals surface area contributed by atoms with Gasteiger partial charge in [-0.05, 0) is 0 Å². The number of rotatable bonds is 3. The summed E-state index contributed by atoms with van der Waals surface area (Å²) in [5, 5.41) is 10.1. The minimum absolute atomic E-state index is 0.0160. The van der Waals surface area contributed by atoms with Crippen LogP contribution in [0.25, 0.3) is 0 Å². The van der Waals surface area contributed by atoms with Gasteiger partial charge in [0.25, 0.3) is 0 Å². The first-order chi connectivity index (χ1) is 9.70. The molecule has 9 heteroatoms. The van der Waals surface area contributed by atoms with Gasteiger partial charge in [0.15, 0.2) is 0 Å². The molecule has 1 N–H and O–H groups in total. The Labute approximate surface area is 124 Å². The normalized spacial score (nSPS) is 18.6. The monoisotopic (exact) mass is 325 g/mol. The summed E-state index contributed by atoms with van der Waals surface area (Å²) >= 11 is 5.62. The summed E-state index contributed by atoms with van der Waals surface area (Å²) in [5.74, 6) is -1.28. The number of aromatic nitrogens is 2. The van der Waals surface area contributed by atoms with Crippen molar-refractivity contribution in [1.82, 2.24) is 9.97 Å². The maximum absolute atomic E-state index is 12.7. The van der Waals surface area contributed by atoms with Crippen molar-refractivity contribution in [2.45, 2.75) is 24.6 Å². The topological polar surface area (TPSA) is 58.5 Å². The smallest absolute Gasteiger partial charge is 0.388 e. The zero-order valence-electron chi connectivity index (χ0n) is 11.3. The molecular weight excluding hydrogens is 311 g/mol. The quantitative estimate of drug-likeness (QED) is 0.863. The van der Waals surface area contributed by atoms with E-state index < -0.39 is 17.6 Å². The summed E-state index contributed by atoms with van der Waals surface area (Å²) in [6.07, 6.45) is -3.83. The molecule has 0 aromatic carbocycles. The van der Waals surface area contributed by atoms with E-state index in [1.54, 1.807) is 7.05 Å². The highest BCUT2D eigenvalue weighted by Gasteiger charge is 2.36. The Morgan fingerprint density at radius 1 is 1.38 bits per heavy atom. The highest BCUT2D eigenvalue weighted by molar-refractivity contribution is 6.29. The summed E-state index contributed by atoms with van der Waals surface area (Å²) in [6.45, 7) is 0.979. The van der Waals surface area contributed by atoms with Crippen LogP contribution in [0.4, 0.5) is 19.0 Å². The van der Waals surface area contributed by atoms with E-state index >= 15 is 0 Å².